The van der Waals surface area contributed by atoms with Crippen LogP contribution in [0.15, 0.2) is 24.3 Å². The first-order valence-corrected chi connectivity index (χ1v) is 8.50. The van der Waals surface area contributed by atoms with Crippen molar-refractivity contribution in [2.75, 3.05) is 5.32 Å². The Morgan fingerprint density at radius 2 is 1.96 bits per heavy atom. The third-order valence-electron chi connectivity index (χ3n) is 4.75. The number of nitrogens with zero attached hydrogens (tertiary/aromatic N) is 4. The van der Waals surface area contributed by atoms with E-state index in [-0.39, 0.29) is 11.8 Å². The molecule has 0 spiro atoms. The van der Waals surface area contributed by atoms with Gasteiger partial charge in [0, 0.05) is 17.2 Å². The van der Waals surface area contributed by atoms with Crippen LogP contribution in [0.2, 0.25) is 0 Å². The first-order valence-electron chi connectivity index (χ1n) is 8.50. The molecule has 1 N–H and O–H groups in total. The van der Waals surface area contributed by atoms with Gasteiger partial charge in [-0.15, -0.1) is 5.10 Å². The molecule has 2 aliphatic carbocycles. The minimum Gasteiger partial charge on any atom is -0.326 e. The normalized spacial score (nSPS) is 18.8. The summed E-state index contributed by atoms with van der Waals surface area (Å²) in [5.74, 6) is 1.08. The van der Waals surface area contributed by atoms with Crippen LogP contribution in [0.1, 0.15) is 51.0 Å². The second-order valence-corrected chi connectivity index (χ2v) is 6.58. The highest BCUT2D eigenvalue weighted by Crippen LogP contribution is 2.36. The van der Waals surface area contributed by atoms with E-state index in [1.165, 1.54) is 6.42 Å². The van der Waals surface area contributed by atoms with E-state index in [4.69, 9.17) is 0 Å². The molecule has 1 aromatic heterocycles. The van der Waals surface area contributed by atoms with Crippen LogP contribution in [0.3, 0.4) is 0 Å². The molecule has 2 aromatic rings. The van der Waals surface area contributed by atoms with Crippen LogP contribution >= 0.6 is 0 Å². The highest BCUT2D eigenvalue weighted by molar-refractivity contribution is 5.93. The maximum atomic E-state index is 12.4. The number of anilines is 1. The van der Waals surface area contributed by atoms with Gasteiger partial charge in [-0.25, -0.2) is 4.68 Å². The summed E-state index contributed by atoms with van der Waals surface area (Å²) in [5, 5.41) is 15.1. The molecule has 1 amide bonds. The average molecular weight is 311 g/mol. The first-order chi connectivity index (χ1) is 11.3. The molecule has 2 aliphatic rings. The fourth-order valence-electron chi connectivity index (χ4n) is 3.29. The van der Waals surface area contributed by atoms with Crippen molar-refractivity contribution in [3.8, 4) is 11.4 Å². The molecule has 23 heavy (non-hydrogen) atoms. The molecule has 0 unspecified atom stereocenters. The molecule has 2 saturated carbocycles. The van der Waals surface area contributed by atoms with Gasteiger partial charge in [-0.3, -0.25) is 4.79 Å². The molecule has 0 aliphatic heterocycles. The number of tetrazole rings is 1. The number of aromatic nitrogens is 4. The molecule has 0 atom stereocenters. The van der Waals surface area contributed by atoms with E-state index in [1.807, 2.05) is 28.9 Å². The van der Waals surface area contributed by atoms with E-state index in [0.717, 1.165) is 55.6 Å². The van der Waals surface area contributed by atoms with Crippen LogP contribution in [-0.4, -0.2) is 26.1 Å². The molecule has 1 aromatic carbocycles. The highest BCUT2D eigenvalue weighted by atomic mass is 16.1. The van der Waals surface area contributed by atoms with Gasteiger partial charge in [0.1, 0.15) is 0 Å². The Bertz CT molecular complexity index is 701. The molecule has 0 radical (unpaired) electrons. The van der Waals surface area contributed by atoms with Gasteiger partial charge < -0.3 is 5.32 Å². The third-order valence-corrected chi connectivity index (χ3v) is 4.75. The highest BCUT2D eigenvalue weighted by Gasteiger charge is 2.28. The van der Waals surface area contributed by atoms with Gasteiger partial charge in [-0.2, -0.15) is 0 Å². The SMILES string of the molecule is O=C(Nc1cccc(-c2nnnn2C2CC2)c1)C1CCCCC1. The topological polar surface area (TPSA) is 72.7 Å². The van der Waals surface area contributed by atoms with Crippen molar-refractivity contribution >= 4 is 11.6 Å². The standard InChI is InChI=1S/C17H21N5O/c23-17(12-5-2-1-3-6-12)18-14-8-4-7-13(11-14)16-19-20-21-22(16)15-9-10-15/h4,7-8,11-12,15H,1-3,5-6,9-10H2,(H,18,23). The van der Waals surface area contributed by atoms with Gasteiger partial charge in [-0.05, 0) is 48.2 Å². The number of nitrogens with one attached hydrogen (secondary N) is 1. The zero-order valence-electron chi connectivity index (χ0n) is 13.1. The van der Waals surface area contributed by atoms with Crippen molar-refractivity contribution in [2.24, 2.45) is 5.92 Å². The van der Waals surface area contributed by atoms with Crippen LogP contribution < -0.4 is 5.32 Å². The van der Waals surface area contributed by atoms with Crippen molar-refractivity contribution in [2.45, 2.75) is 51.0 Å². The molecular weight excluding hydrogens is 290 g/mol. The van der Waals surface area contributed by atoms with E-state index in [9.17, 15) is 4.79 Å². The maximum absolute atomic E-state index is 12.4. The quantitative estimate of drug-likeness (QED) is 0.941. The van der Waals surface area contributed by atoms with Crippen molar-refractivity contribution in [1.29, 1.82) is 0 Å². The van der Waals surface area contributed by atoms with E-state index < -0.39 is 0 Å². The van der Waals surface area contributed by atoms with Crippen molar-refractivity contribution in [3.63, 3.8) is 0 Å². The summed E-state index contributed by atoms with van der Waals surface area (Å²) in [5.41, 5.74) is 1.77. The van der Waals surface area contributed by atoms with Crippen molar-refractivity contribution in [1.82, 2.24) is 20.2 Å². The summed E-state index contributed by atoms with van der Waals surface area (Å²) in [6, 6.07) is 8.25. The lowest BCUT2D eigenvalue weighted by Crippen LogP contribution is -2.24. The van der Waals surface area contributed by atoms with Gasteiger partial charge in [0.2, 0.25) is 5.91 Å². The molecule has 0 saturated heterocycles. The smallest absolute Gasteiger partial charge is 0.227 e. The van der Waals surface area contributed by atoms with E-state index >= 15 is 0 Å². The average Bonchev–Trinajstić information content (AvgIpc) is 3.32. The van der Waals surface area contributed by atoms with Gasteiger partial charge in [0.15, 0.2) is 5.82 Å². The fourth-order valence-corrected chi connectivity index (χ4v) is 3.29. The maximum Gasteiger partial charge on any atom is 0.227 e. The van der Waals surface area contributed by atoms with Crippen LogP contribution in [0.5, 0.6) is 0 Å². The summed E-state index contributed by atoms with van der Waals surface area (Å²) < 4.78 is 1.89. The molecule has 120 valence electrons. The number of benzene rings is 1. The number of hydrogen-bond donors (Lipinski definition) is 1. The molecular formula is C17H21N5O. The number of hydrogen-bond acceptors (Lipinski definition) is 4. The predicted molar refractivity (Wildman–Crippen MR) is 86.7 cm³/mol. The second-order valence-electron chi connectivity index (χ2n) is 6.58. The lowest BCUT2D eigenvalue weighted by Gasteiger charge is -2.20. The molecule has 1 heterocycles. The number of carbonyl (C=O) groups is 1. The molecule has 6 heteroatoms. The van der Waals surface area contributed by atoms with E-state index in [2.05, 4.69) is 20.8 Å². The third kappa shape index (κ3) is 3.11. The minimum atomic E-state index is 0.142. The Hall–Kier alpha value is -2.24. The predicted octanol–water partition coefficient (Wildman–Crippen LogP) is 3.19. The van der Waals surface area contributed by atoms with Crippen LogP contribution in [-0.2, 0) is 4.79 Å². The fraction of sp³-hybridized carbons (Fsp3) is 0.529. The van der Waals surface area contributed by atoms with E-state index in [0.29, 0.717) is 6.04 Å². The summed E-state index contributed by atoms with van der Waals surface area (Å²) in [4.78, 5) is 12.4. The summed E-state index contributed by atoms with van der Waals surface area (Å²) in [6.45, 7) is 0. The Morgan fingerprint density at radius 1 is 1.13 bits per heavy atom. The van der Waals surface area contributed by atoms with Gasteiger partial charge >= 0.3 is 0 Å². The van der Waals surface area contributed by atoms with Gasteiger partial charge in [-0.1, -0.05) is 31.4 Å². The van der Waals surface area contributed by atoms with E-state index in [1.54, 1.807) is 0 Å². The molecule has 0 bridgehead atoms. The van der Waals surface area contributed by atoms with Gasteiger partial charge in [0.25, 0.3) is 0 Å². The Balaban J connectivity index is 1.51. The second kappa shape index (κ2) is 6.10. The minimum absolute atomic E-state index is 0.142. The lowest BCUT2D eigenvalue weighted by molar-refractivity contribution is -0.120. The summed E-state index contributed by atoms with van der Waals surface area (Å²) in [6.07, 6.45) is 7.86. The Labute approximate surface area is 135 Å². The summed E-state index contributed by atoms with van der Waals surface area (Å²) in [7, 11) is 0. The van der Waals surface area contributed by atoms with Crippen molar-refractivity contribution < 1.29 is 4.79 Å². The largest absolute Gasteiger partial charge is 0.326 e. The summed E-state index contributed by atoms with van der Waals surface area (Å²) >= 11 is 0. The Kier molecular flexibility index (Phi) is 3.81. The molecule has 2 fully saturated rings. The zero-order chi connectivity index (χ0) is 15.6. The molecule has 6 nitrogen and oxygen atoms in total. The zero-order valence-corrected chi connectivity index (χ0v) is 13.1. The lowest BCUT2D eigenvalue weighted by atomic mass is 9.88. The van der Waals surface area contributed by atoms with Crippen molar-refractivity contribution in [3.05, 3.63) is 24.3 Å². The monoisotopic (exact) mass is 311 g/mol. The number of carbonyl (C=O) groups excluding carboxylic acids is 1. The Morgan fingerprint density at radius 3 is 2.74 bits per heavy atom. The van der Waals surface area contributed by atoms with Crippen LogP contribution in [0, 0.1) is 5.92 Å². The van der Waals surface area contributed by atoms with Crippen LogP contribution in [0.25, 0.3) is 11.4 Å². The van der Waals surface area contributed by atoms with Crippen LogP contribution in [0.4, 0.5) is 5.69 Å². The number of amides is 1. The number of rotatable bonds is 4. The van der Waals surface area contributed by atoms with Gasteiger partial charge in [0.05, 0.1) is 6.04 Å². The molecule has 4 rings (SSSR count). The first kappa shape index (κ1) is 14.4.